The molecule has 0 radical (unpaired) electrons. The Hall–Kier alpha value is -5.08. The minimum atomic E-state index is 1.01. The third-order valence-corrected chi connectivity index (χ3v) is 7.61. The smallest absolute Gasteiger partial charge is 0.0715 e. The molecule has 176 valence electrons. The third kappa shape index (κ3) is 3.21. The van der Waals surface area contributed by atoms with Crippen LogP contribution in [0, 0.1) is 0 Å². The van der Waals surface area contributed by atoms with E-state index in [4.69, 9.17) is 9.97 Å². The Morgan fingerprint density at radius 1 is 0.316 bits per heavy atom. The van der Waals surface area contributed by atoms with Crippen molar-refractivity contribution in [3.8, 4) is 22.3 Å². The summed E-state index contributed by atoms with van der Waals surface area (Å²) in [6.07, 6.45) is 0. The number of hydrogen-bond acceptors (Lipinski definition) is 2. The normalized spacial score (nSPS) is 11.7. The molecule has 38 heavy (non-hydrogen) atoms. The first-order chi connectivity index (χ1) is 18.8. The topological polar surface area (TPSA) is 25.8 Å². The maximum atomic E-state index is 4.99. The van der Waals surface area contributed by atoms with Crippen molar-refractivity contribution in [1.82, 2.24) is 9.97 Å². The van der Waals surface area contributed by atoms with Gasteiger partial charge in [0.2, 0.25) is 0 Å². The van der Waals surface area contributed by atoms with E-state index in [1.54, 1.807) is 0 Å². The van der Waals surface area contributed by atoms with E-state index in [1.165, 1.54) is 43.8 Å². The van der Waals surface area contributed by atoms with Crippen LogP contribution in [-0.2, 0) is 0 Å². The third-order valence-electron chi connectivity index (χ3n) is 7.61. The molecule has 0 saturated carbocycles. The number of para-hydroxylation sites is 2. The minimum absolute atomic E-state index is 1.01. The molecule has 0 atom stereocenters. The molecule has 2 heteroatoms. The molecule has 0 aliphatic heterocycles. The molecule has 8 aromatic rings. The summed E-state index contributed by atoms with van der Waals surface area (Å²) in [6.45, 7) is 0. The monoisotopic (exact) mass is 482 g/mol. The van der Waals surface area contributed by atoms with Gasteiger partial charge in [-0.1, -0.05) is 97.1 Å². The zero-order valence-electron chi connectivity index (χ0n) is 20.6. The molecule has 0 unspecified atom stereocenters. The maximum Gasteiger partial charge on any atom is 0.0715 e. The fourth-order valence-corrected chi connectivity index (χ4v) is 5.86. The summed E-state index contributed by atoms with van der Waals surface area (Å²) in [5.41, 5.74) is 8.88. The summed E-state index contributed by atoms with van der Waals surface area (Å²) in [7, 11) is 0. The summed E-state index contributed by atoms with van der Waals surface area (Å²) < 4.78 is 0. The molecule has 2 heterocycles. The first kappa shape index (κ1) is 21.0. The van der Waals surface area contributed by atoms with E-state index < -0.39 is 0 Å². The highest BCUT2D eigenvalue weighted by Gasteiger charge is 2.15. The summed E-state index contributed by atoms with van der Waals surface area (Å²) in [5, 5.41) is 7.10. The van der Waals surface area contributed by atoms with Crippen LogP contribution in [0.25, 0.3) is 76.6 Å². The largest absolute Gasteiger partial charge is 0.248 e. The van der Waals surface area contributed by atoms with Gasteiger partial charge in [-0.3, -0.25) is 0 Å². The Kier molecular flexibility index (Phi) is 4.55. The van der Waals surface area contributed by atoms with Gasteiger partial charge in [0.15, 0.2) is 0 Å². The van der Waals surface area contributed by atoms with Crippen LogP contribution in [0.2, 0.25) is 0 Å². The Morgan fingerprint density at radius 2 is 0.711 bits per heavy atom. The lowest BCUT2D eigenvalue weighted by atomic mass is 9.88. The SMILES string of the molecule is c1ccc2nc3cccc(-c4cccc5cccc(-c6cccc7nc8ccccc8cc67)c45)c3cc2c1. The average molecular weight is 483 g/mol. The van der Waals surface area contributed by atoms with Gasteiger partial charge in [0.05, 0.1) is 22.1 Å². The molecule has 0 amide bonds. The van der Waals surface area contributed by atoms with E-state index in [-0.39, 0.29) is 0 Å². The highest BCUT2D eigenvalue weighted by atomic mass is 14.7. The van der Waals surface area contributed by atoms with E-state index in [1.807, 2.05) is 12.1 Å². The first-order valence-electron chi connectivity index (χ1n) is 12.9. The van der Waals surface area contributed by atoms with Gasteiger partial charge >= 0.3 is 0 Å². The maximum absolute atomic E-state index is 4.99. The number of hydrogen-bond donors (Lipinski definition) is 0. The summed E-state index contributed by atoms with van der Waals surface area (Å²) in [5.74, 6) is 0. The van der Waals surface area contributed by atoms with Crippen LogP contribution in [-0.4, -0.2) is 9.97 Å². The second-order valence-electron chi connectivity index (χ2n) is 9.82. The van der Waals surface area contributed by atoms with Crippen molar-refractivity contribution in [3.05, 3.63) is 133 Å². The van der Waals surface area contributed by atoms with E-state index in [9.17, 15) is 0 Å². The lowest BCUT2D eigenvalue weighted by molar-refractivity contribution is 1.49. The van der Waals surface area contributed by atoms with Crippen LogP contribution in [0.5, 0.6) is 0 Å². The van der Waals surface area contributed by atoms with Crippen molar-refractivity contribution in [2.45, 2.75) is 0 Å². The lowest BCUT2D eigenvalue weighted by Crippen LogP contribution is -1.91. The second-order valence-corrected chi connectivity index (χ2v) is 9.82. The predicted molar refractivity (Wildman–Crippen MR) is 160 cm³/mol. The number of benzene rings is 6. The summed E-state index contributed by atoms with van der Waals surface area (Å²) in [4.78, 5) is 9.97. The average Bonchev–Trinajstić information content (AvgIpc) is 2.98. The highest BCUT2D eigenvalue weighted by molar-refractivity contribution is 6.14. The van der Waals surface area contributed by atoms with Crippen molar-refractivity contribution in [2.75, 3.05) is 0 Å². The standard InChI is InChI=1S/C36H22N2/c1-3-17-32-24(9-1)21-30-26(13-7-19-34(30)37-32)28-15-5-11-23-12-6-16-29(36(23)28)27-14-8-20-35-31(27)22-25-10-2-4-18-33(25)38-35/h1-22H. The highest BCUT2D eigenvalue weighted by Crippen LogP contribution is 2.41. The lowest BCUT2D eigenvalue weighted by Gasteiger charge is -2.16. The zero-order chi connectivity index (χ0) is 25.1. The molecule has 0 spiro atoms. The predicted octanol–water partition coefficient (Wildman–Crippen LogP) is 9.58. The fourth-order valence-electron chi connectivity index (χ4n) is 5.86. The minimum Gasteiger partial charge on any atom is -0.248 e. The van der Waals surface area contributed by atoms with Crippen molar-refractivity contribution in [1.29, 1.82) is 0 Å². The molecule has 0 aliphatic carbocycles. The fraction of sp³-hybridized carbons (Fsp3) is 0. The number of aromatic nitrogens is 2. The van der Waals surface area contributed by atoms with Gasteiger partial charge in [-0.15, -0.1) is 0 Å². The van der Waals surface area contributed by atoms with Crippen molar-refractivity contribution < 1.29 is 0 Å². The van der Waals surface area contributed by atoms with Crippen molar-refractivity contribution in [2.24, 2.45) is 0 Å². The van der Waals surface area contributed by atoms with E-state index in [0.717, 1.165) is 32.8 Å². The Morgan fingerprint density at radius 3 is 1.24 bits per heavy atom. The van der Waals surface area contributed by atoms with Gasteiger partial charge in [-0.05, 0) is 69.4 Å². The van der Waals surface area contributed by atoms with Gasteiger partial charge in [-0.25, -0.2) is 9.97 Å². The van der Waals surface area contributed by atoms with Gasteiger partial charge in [0.25, 0.3) is 0 Å². The van der Waals surface area contributed by atoms with Gasteiger partial charge in [0.1, 0.15) is 0 Å². The van der Waals surface area contributed by atoms with Crippen LogP contribution >= 0.6 is 0 Å². The molecule has 0 aliphatic rings. The molecule has 6 aromatic carbocycles. The van der Waals surface area contributed by atoms with Gasteiger partial charge in [0, 0.05) is 21.5 Å². The number of rotatable bonds is 2. The Balaban J connectivity index is 1.46. The second kappa shape index (κ2) is 8.22. The molecule has 0 N–H and O–H groups in total. The van der Waals surface area contributed by atoms with E-state index >= 15 is 0 Å². The molecule has 2 aromatic heterocycles. The molecule has 0 fully saturated rings. The molecule has 2 nitrogen and oxygen atoms in total. The molecular formula is C36H22N2. The van der Waals surface area contributed by atoms with Gasteiger partial charge < -0.3 is 0 Å². The van der Waals surface area contributed by atoms with Crippen LogP contribution < -0.4 is 0 Å². The molecule has 0 saturated heterocycles. The number of fused-ring (bicyclic) bond motifs is 5. The van der Waals surface area contributed by atoms with E-state index in [0.29, 0.717) is 0 Å². The molecule has 8 rings (SSSR count). The summed E-state index contributed by atoms with van der Waals surface area (Å²) in [6, 6.07) is 47.4. The van der Waals surface area contributed by atoms with Crippen LogP contribution in [0.4, 0.5) is 0 Å². The van der Waals surface area contributed by atoms with E-state index in [2.05, 4.69) is 121 Å². The van der Waals surface area contributed by atoms with Crippen molar-refractivity contribution >= 4 is 54.4 Å². The Bertz CT molecular complexity index is 2040. The van der Waals surface area contributed by atoms with Gasteiger partial charge in [-0.2, -0.15) is 0 Å². The summed E-state index contributed by atoms with van der Waals surface area (Å²) >= 11 is 0. The zero-order valence-corrected chi connectivity index (χ0v) is 20.6. The van der Waals surface area contributed by atoms with Crippen LogP contribution in [0.15, 0.2) is 133 Å². The first-order valence-corrected chi connectivity index (χ1v) is 12.9. The molecule has 0 bridgehead atoms. The quantitative estimate of drug-likeness (QED) is 0.229. The van der Waals surface area contributed by atoms with Crippen LogP contribution in [0.3, 0.4) is 0 Å². The van der Waals surface area contributed by atoms with Crippen LogP contribution in [0.1, 0.15) is 0 Å². The number of pyridine rings is 2. The molecular weight excluding hydrogens is 460 g/mol. The Labute approximate surface area is 219 Å². The van der Waals surface area contributed by atoms with Crippen molar-refractivity contribution in [3.63, 3.8) is 0 Å². The number of nitrogens with zero attached hydrogens (tertiary/aromatic N) is 2.